The summed E-state index contributed by atoms with van der Waals surface area (Å²) in [5.41, 5.74) is 2.21. The summed E-state index contributed by atoms with van der Waals surface area (Å²) in [6.45, 7) is 6.10. The highest BCUT2D eigenvalue weighted by Gasteiger charge is 2.22. The quantitative estimate of drug-likeness (QED) is 0.536. The molecule has 2 aromatic heterocycles. The molecule has 1 unspecified atom stereocenters. The third-order valence-electron chi connectivity index (χ3n) is 5.61. The average molecular weight is 459 g/mol. The van der Waals surface area contributed by atoms with Gasteiger partial charge in [0, 0.05) is 34.0 Å². The van der Waals surface area contributed by atoms with Crippen LogP contribution in [-0.4, -0.2) is 24.5 Å². The van der Waals surface area contributed by atoms with Crippen LogP contribution in [0.3, 0.4) is 0 Å². The number of benzene rings is 1. The average Bonchev–Trinajstić information content (AvgIpc) is 3.24. The lowest BCUT2D eigenvalue weighted by Gasteiger charge is -2.17. The highest BCUT2D eigenvalue weighted by atomic mass is 35.5. The smallest absolute Gasteiger partial charge is 0.271 e. The van der Waals surface area contributed by atoms with Gasteiger partial charge in [-0.2, -0.15) is 4.98 Å². The molecule has 1 aromatic carbocycles. The predicted molar refractivity (Wildman–Crippen MR) is 127 cm³/mol. The second kappa shape index (κ2) is 9.09. The number of pyridine rings is 1. The van der Waals surface area contributed by atoms with Crippen LogP contribution >= 0.6 is 11.6 Å². The number of aromatic nitrogens is 3. The Bertz CT molecular complexity index is 1200. The molecule has 4 rings (SSSR count). The molecule has 8 heteroatoms. The molecule has 31 heavy (non-hydrogen) atoms. The molecule has 3 aromatic rings. The topological polar surface area (TPSA) is 76.9 Å². The van der Waals surface area contributed by atoms with Crippen molar-refractivity contribution in [3.8, 4) is 0 Å². The van der Waals surface area contributed by atoms with Crippen molar-refractivity contribution in [2.45, 2.75) is 57.4 Å². The van der Waals surface area contributed by atoms with Gasteiger partial charge in [0.05, 0.1) is 10.8 Å². The third-order valence-corrected chi connectivity index (χ3v) is 7.63. The largest absolute Gasteiger partial charge is 0.324 e. The molecule has 1 atom stereocenters. The fraction of sp³-hybridized carbons (Fsp3) is 0.435. The van der Waals surface area contributed by atoms with E-state index in [9.17, 15) is 9.00 Å². The zero-order valence-corrected chi connectivity index (χ0v) is 19.6. The standard InChI is InChI=1S/C23H27ClN4O2S/c1-14(2)13-31(30)18-8-9-20(15(3)10-18)26-23-25-12-16-11-19(24)22(29)28(21(16)27-23)17-6-4-5-7-17/h8-12,14,17H,4-7,13H2,1-3H3,(H,25,26,27). The van der Waals surface area contributed by atoms with Gasteiger partial charge < -0.3 is 5.32 Å². The summed E-state index contributed by atoms with van der Waals surface area (Å²) < 4.78 is 14.2. The van der Waals surface area contributed by atoms with Crippen molar-refractivity contribution in [2.24, 2.45) is 5.92 Å². The summed E-state index contributed by atoms with van der Waals surface area (Å²) >= 11 is 6.20. The number of hydrogen-bond acceptors (Lipinski definition) is 5. The van der Waals surface area contributed by atoms with Gasteiger partial charge in [0.25, 0.3) is 5.56 Å². The van der Waals surface area contributed by atoms with E-state index in [4.69, 9.17) is 11.6 Å². The van der Waals surface area contributed by atoms with Crippen LogP contribution in [0.5, 0.6) is 0 Å². The minimum absolute atomic E-state index is 0.119. The SMILES string of the molecule is Cc1cc(S(=O)CC(C)C)ccc1Nc1ncc2cc(Cl)c(=O)n(C3CCCC3)c2n1. The molecular weight excluding hydrogens is 432 g/mol. The first kappa shape index (κ1) is 22.0. The Morgan fingerprint density at radius 3 is 2.68 bits per heavy atom. The van der Waals surface area contributed by atoms with Crippen LogP contribution < -0.4 is 10.9 Å². The normalized spacial score (nSPS) is 15.6. The molecule has 2 heterocycles. The Hall–Kier alpha value is -2.25. The van der Waals surface area contributed by atoms with Gasteiger partial charge in [0.1, 0.15) is 10.7 Å². The number of hydrogen-bond donors (Lipinski definition) is 1. The number of nitrogens with zero attached hydrogens (tertiary/aromatic N) is 3. The Kier molecular flexibility index (Phi) is 6.44. The first-order valence-corrected chi connectivity index (χ1v) is 12.4. The molecule has 0 spiro atoms. The lowest BCUT2D eigenvalue weighted by molar-refractivity contribution is 0.516. The molecule has 164 valence electrons. The first-order chi connectivity index (χ1) is 14.8. The van der Waals surface area contributed by atoms with Crippen LogP contribution in [0.1, 0.15) is 51.1 Å². The fourth-order valence-corrected chi connectivity index (χ4v) is 5.62. The second-order valence-corrected chi connectivity index (χ2v) is 10.5. The van der Waals surface area contributed by atoms with Crippen molar-refractivity contribution in [2.75, 3.05) is 11.1 Å². The maximum Gasteiger partial charge on any atom is 0.271 e. The van der Waals surface area contributed by atoms with Gasteiger partial charge in [-0.15, -0.1) is 0 Å². The van der Waals surface area contributed by atoms with Gasteiger partial charge in [0.15, 0.2) is 0 Å². The van der Waals surface area contributed by atoms with Gasteiger partial charge in [-0.1, -0.05) is 38.3 Å². The molecule has 1 fully saturated rings. The van der Waals surface area contributed by atoms with E-state index in [-0.39, 0.29) is 16.6 Å². The van der Waals surface area contributed by atoms with Crippen molar-refractivity contribution < 1.29 is 4.21 Å². The van der Waals surface area contributed by atoms with Gasteiger partial charge in [-0.25, -0.2) is 4.98 Å². The summed E-state index contributed by atoms with van der Waals surface area (Å²) in [6, 6.07) is 7.48. The van der Waals surface area contributed by atoms with E-state index in [1.54, 1.807) is 16.8 Å². The van der Waals surface area contributed by atoms with Crippen LogP contribution in [0.4, 0.5) is 11.6 Å². The van der Waals surface area contributed by atoms with Gasteiger partial charge in [0.2, 0.25) is 5.95 Å². The Morgan fingerprint density at radius 2 is 2.00 bits per heavy atom. The van der Waals surface area contributed by atoms with Crippen molar-refractivity contribution in [3.05, 3.63) is 51.4 Å². The van der Waals surface area contributed by atoms with Crippen molar-refractivity contribution in [3.63, 3.8) is 0 Å². The molecule has 1 saturated carbocycles. The Morgan fingerprint density at radius 1 is 1.26 bits per heavy atom. The van der Waals surface area contributed by atoms with Crippen LogP contribution in [0, 0.1) is 12.8 Å². The lowest BCUT2D eigenvalue weighted by Crippen LogP contribution is -2.25. The number of nitrogens with one attached hydrogen (secondary N) is 1. The maximum atomic E-state index is 12.8. The van der Waals surface area contributed by atoms with Crippen LogP contribution in [-0.2, 0) is 10.8 Å². The minimum Gasteiger partial charge on any atom is -0.324 e. The van der Waals surface area contributed by atoms with Crippen molar-refractivity contribution in [1.82, 2.24) is 14.5 Å². The molecule has 1 aliphatic rings. The zero-order valence-electron chi connectivity index (χ0n) is 18.0. The van der Waals surface area contributed by atoms with E-state index in [1.807, 2.05) is 25.1 Å². The third kappa shape index (κ3) is 4.67. The molecule has 0 saturated heterocycles. The summed E-state index contributed by atoms with van der Waals surface area (Å²) in [4.78, 5) is 22.7. The highest BCUT2D eigenvalue weighted by Crippen LogP contribution is 2.31. The Balaban J connectivity index is 1.68. The zero-order chi connectivity index (χ0) is 22.1. The molecule has 0 amide bonds. The maximum absolute atomic E-state index is 12.8. The summed E-state index contributed by atoms with van der Waals surface area (Å²) in [5.74, 6) is 1.43. The Labute approximate surface area is 189 Å². The second-order valence-electron chi connectivity index (χ2n) is 8.59. The molecule has 0 bridgehead atoms. The van der Waals surface area contributed by atoms with E-state index in [1.165, 1.54) is 0 Å². The lowest BCUT2D eigenvalue weighted by atomic mass is 10.2. The van der Waals surface area contributed by atoms with Crippen LogP contribution in [0.25, 0.3) is 11.0 Å². The van der Waals surface area contributed by atoms with E-state index in [0.29, 0.717) is 23.3 Å². The fourth-order valence-electron chi connectivity index (χ4n) is 4.09. The van der Waals surface area contributed by atoms with E-state index in [2.05, 4.69) is 29.1 Å². The monoisotopic (exact) mass is 458 g/mol. The molecule has 6 nitrogen and oxygen atoms in total. The van der Waals surface area contributed by atoms with Crippen molar-refractivity contribution in [1.29, 1.82) is 0 Å². The first-order valence-electron chi connectivity index (χ1n) is 10.7. The predicted octanol–water partition coefficient (Wildman–Crippen LogP) is 5.38. The van der Waals surface area contributed by atoms with Gasteiger partial charge in [-0.05, 0) is 55.5 Å². The molecular formula is C23H27ClN4O2S. The van der Waals surface area contributed by atoms with Gasteiger partial charge in [-0.3, -0.25) is 13.6 Å². The van der Waals surface area contributed by atoms with E-state index in [0.717, 1.165) is 47.2 Å². The van der Waals surface area contributed by atoms with Crippen molar-refractivity contribution >= 4 is 45.1 Å². The van der Waals surface area contributed by atoms with Gasteiger partial charge >= 0.3 is 0 Å². The summed E-state index contributed by atoms with van der Waals surface area (Å²) in [5, 5.41) is 4.20. The number of fused-ring (bicyclic) bond motifs is 1. The summed E-state index contributed by atoms with van der Waals surface area (Å²) in [6.07, 6.45) is 5.81. The van der Waals surface area contributed by atoms with E-state index < -0.39 is 10.8 Å². The highest BCUT2D eigenvalue weighted by molar-refractivity contribution is 7.85. The molecule has 1 N–H and O–H groups in total. The number of halogens is 1. The molecule has 1 aliphatic carbocycles. The number of anilines is 2. The van der Waals surface area contributed by atoms with Crippen LogP contribution in [0.15, 0.2) is 40.2 Å². The number of rotatable bonds is 6. The minimum atomic E-state index is -1.02. The van der Waals surface area contributed by atoms with E-state index >= 15 is 0 Å². The number of aryl methyl sites for hydroxylation is 1. The summed E-state index contributed by atoms with van der Waals surface area (Å²) in [7, 11) is -1.02. The van der Waals surface area contributed by atoms with Crippen LogP contribution in [0.2, 0.25) is 5.02 Å². The molecule has 0 aliphatic heterocycles. The molecule has 0 radical (unpaired) electrons.